The third-order valence-electron chi connectivity index (χ3n) is 3.34. The van der Waals surface area contributed by atoms with Crippen LogP contribution in [-0.2, 0) is 9.53 Å². The number of ether oxygens (including phenoxy) is 1. The van der Waals surface area contributed by atoms with Gasteiger partial charge in [-0.05, 0) is 25.3 Å². The van der Waals surface area contributed by atoms with E-state index in [0.29, 0.717) is 12.5 Å². The van der Waals surface area contributed by atoms with Crippen molar-refractivity contribution >= 4 is 5.97 Å². The van der Waals surface area contributed by atoms with E-state index in [0.717, 1.165) is 6.54 Å². The first-order valence-corrected chi connectivity index (χ1v) is 5.87. The van der Waals surface area contributed by atoms with Crippen LogP contribution in [0.5, 0.6) is 0 Å². The number of cyclic esters (lactones) is 1. The van der Waals surface area contributed by atoms with Gasteiger partial charge in [0, 0.05) is 6.54 Å². The molecule has 0 bridgehead atoms. The molecular formula is C11H17F2NO2. The van der Waals surface area contributed by atoms with E-state index >= 15 is 0 Å². The molecule has 2 rings (SSSR count). The average Bonchev–Trinajstić information content (AvgIpc) is 2.76. The zero-order valence-electron chi connectivity index (χ0n) is 9.18. The molecule has 1 aliphatic carbocycles. The Bertz CT molecular complexity index is 265. The molecule has 1 unspecified atom stereocenters. The Morgan fingerprint density at radius 3 is 2.56 bits per heavy atom. The topological polar surface area (TPSA) is 38.3 Å². The molecule has 3 nitrogen and oxygen atoms in total. The van der Waals surface area contributed by atoms with Gasteiger partial charge in [-0.1, -0.05) is 12.8 Å². The molecular weight excluding hydrogens is 216 g/mol. The maximum atomic E-state index is 12.8. The van der Waals surface area contributed by atoms with Crippen LogP contribution in [0.2, 0.25) is 0 Å². The normalized spacial score (nSPS) is 29.6. The van der Waals surface area contributed by atoms with Crippen LogP contribution in [0.4, 0.5) is 8.78 Å². The Labute approximate surface area is 93.5 Å². The molecule has 0 aromatic carbocycles. The van der Waals surface area contributed by atoms with Gasteiger partial charge in [-0.3, -0.25) is 0 Å². The summed E-state index contributed by atoms with van der Waals surface area (Å²) < 4.78 is 30.2. The van der Waals surface area contributed by atoms with Crippen LogP contribution in [0.15, 0.2) is 0 Å². The van der Waals surface area contributed by atoms with E-state index in [4.69, 9.17) is 0 Å². The quantitative estimate of drug-likeness (QED) is 0.751. The number of carbonyl (C=O) groups is 1. The molecule has 5 heteroatoms. The molecule has 1 atom stereocenters. The lowest BCUT2D eigenvalue weighted by Gasteiger charge is -2.13. The average molecular weight is 233 g/mol. The first-order chi connectivity index (χ1) is 7.58. The van der Waals surface area contributed by atoms with Crippen LogP contribution in [0.25, 0.3) is 0 Å². The molecule has 1 saturated carbocycles. The molecule has 0 aromatic rings. The number of rotatable bonds is 4. The Kier molecular flexibility index (Phi) is 3.42. The van der Waals surface area contributed by atoms with Crippen molar-refractivity contribution in [1.29, 1.82) is 0 Å². The van der Waals surface area contributed by atoms with Crippen molar-refractivity contribution in [3.05, 3.63) is 0 Å². The van der Waals surface area contributed by atoms with E-state index in [1.165, 1.54) is 25.7 Å². The minimum Gasteiger partial charge on any atom is -0.456 e. The Morgan fingerprint density at radius 2 is 2.00 bits per heavy atom. The Morgan fingerprint density at radius 1 is 1.31 bits per heavy atom. The summed E-state index contributed by atoms with van der Waals surface area (Å²) in [6, 6.07) is 0. The fraction of sp³-hybridized carbons (Fsp3) is 0.909. The molecule has 0 amide bonds. The van der Waals surface area contributed by atoms with Gasteiger partial charge in [-0.15, -0.1) is 0 Å². The van der Waals surface area contributed by atoms with Crippen molar-refractivity contribution in [2.24, 2.45) is 5.92 Å². The van der Waals surface area contributed by atoms with E-state index in [1.54, 1.807) is 0 Å². The molecule has 0 radical (unpaired) electrons. The lowest BCUT2D eigenvalue weighted by Crippen LogP contribution is -2.30. The highest BCUT2D eigenvalue weighted by Crippen LogP contribution is 2.30. The van der Waals surface area contributed by atoms with Crippen LogP contribution in [0.1, 0.15) is 32.1 Å². The monoisotopic (exact) mass is 233 g/mol. The molecule has 1 heterocycles. The number of halogens is 2. The number of carbonyl (C=O) groups excluding carboxylic acids is 1. The second-order valence-electron chi connectivity index (χ2n) is 4.74. The van der Waals surface area contributed by atoms with E-state index in [2.05, 4.69) is 10.1 Å². The Hall–Kier alpha value is -0.710. The minimum atomic E-state index is -3.28. The highest BCUT2D eigenvalue weighted by atomic mass is 19.3. The van der Waals surface area contributed by atoms with Crippen LogP contribution in [0, 0.1) is 5.92 Å². The van der Waals surface area contributed by atoms with Gasteiger partial charge in [0.1, 0.15) is 6.10 Å². The standard InChI is InChI=1S/C11H17F2NO2/c12-11(13)5-9(16-10(11)15)7-14-6-8-3-1-2-4-8/h8-9,14H,1-7H2. The minimum absolute atomic E-state index is 0.345. The lowest BCUT2D eigenvalue weighted by atomic mass is 10.1. The summed E-state index contributed by atoms with van der Waals surface area (Å²) in [5.74, 6) is -3.99. The van der Waals surface area contributed by atoms with E-state index < -0.39 is 24.4 Å². The van der Waals surface area contributed by atoms with Crippen molar-refractivity contribution in [2.75, 3.05) is 13.1 Å². The van der Waals surface area contributed by atoms with Crippen molar-refractivity contribution in [1.82, 2.24) is 5.32 Å². The van der Waals surface area contributed by atoms with Gasteiger partial charge in [0.15, 0.2) is 0 Å². The van der Waals surface area contributed by atoms with E-state index in [9.17, 15) is 13.6 Å². The molecule has 1 aliphatic heterocycles. The first-order valence-electron chi connectivity index (χ1n) is 5.87. The van der Waals surface area contributed by atoms with Gasteiger partial charge in [-0.25, -0.2) is 4.79 Å². The van der Waals surface area contributed by atoms with Crippen molar-refractivity contribution in [3.63, 3.8) is 0 Å². The van der Waals surface area contributed by atoms with Gasteiger partial charge in [0.25, 0.3) is 0 Å². The van der Waals surface area contributed by atoms with Crippen molar-refractivity contribution in [3.8, 4) is 0 Å². The molecule has 16 heavy (non-hydrogen) atoms. The summed E-state index contributed by atoms with van der Waals surface area (Å²) in [6.45, 7) is 1.19. The summed E-state index contributed by atoms with van der Waals surface area (Å²) in [6.07, 6.45) is 3.82. The van der Waals surface area contributed by atoms with Gasteiger partial charge in [0.05, 0.1) is 6.42 Å². The maximum absolute atomic E-state index is 12.8. The smallest absolute Gasteiger partial charge is 0.377 e. The predicted molar refractivity (Wildman–Crippen MR) is 54.3 cm³/mol. The van der Waals surface area contributed by atoms with Crippen LogP contribution in [0.3, 0.4) is 0 Å². The van der Waals surface area contributed by atoms with E-state index in [-0.39, 0.29) is 0 Å². The third-order valence-corrected chi connectivity index (χ3v) is 3.34. The molecule has 2 aliphatic rings. The number of hydrogen-bond acceptors (Lipinski definition) is 3. The SMILES string of the molecule is O=C1OC(CNCC2CCCC2)CC1(F)F. The zero-order valence-corrected chi connectivity index (χ0v) is 9.18. The van der Waals surface area contributed by atoms with E-state index in [1.807, 2.05) is 0 Å². The number of esters is 1. The third kappa shape index (κ3) is 2.70. The highest BCUT2D eigenvalue weighted by Gasteiger charge is 2.50. The fourth-order valence-corrected chi connectivity index (χ4v) is 2.43. The zero-order chi connectivity index (χ0) is 11.6. The Balaban J connectivity index is 1.65. The van der Waals surface area contributed by atoms with Crippen LogP contribution in [-0.4, -0.2) is 31.1 Å². The van der Waals surface area contributed by atoms with Crippen molar-refractivity contribution in [2.45, 2.75) is 44.1 Å². The summed E-state index contributed by atoms with van der Waals surface area (Å²) in [5, 5.41) is 3.12. The van der Waals surface area contributed by atoms with Gasteiger partial charge < -0.3 is 10.1 Å². The largest absolute Gasteiger partial charge is 0.456 e. The summed E-state index contributed by atoms with van der Waals surface area (Å²) in [4.78, 5) is 10.7. The number of hydrogen-bond donors (Lipinski definition) is 1. The first kappa shape index (κ1) is 11.8. The number of nitrogens with one attached hydrogen (secondary N) is 1. The van der Waals surface area contributed by atoms with Gasteiger partial charge >= 0.3 is 11.9 Å². The maximum Gasteiger partial charge on any atom is 0.377 e. The fourth-order valence-electron chi connectivity index (χ4n) is 2.43. The van der Waals surface area contributed by atoms with Gasteiger partial charge in [0.2, 0.25) is 0 Å². The highest BCUT2D eigenvalue weighted by molar-refractivity contribution is 5.79. The molecule has 0 spiro atoms. The predicted octanol–water partition coefficient (Wildman–Crippen LogP) is 1.72. The molecule has 1 saturated heterocycles. The summed E-state index contributed by atoms with van der Waals surface area (Å²) >= 11 is 0. The van der Waals surface area contributed by atoms with Crippen molar-refractivity contribution < 1.29 is 18.3 Å². The second kappa shape index (κ2) is 4.65. The summed E-state index contributed by atoms with van der Waals surface area (Å²) in [5.41, 5.74) is 0. The summed E-state index contributed by atoms with van der Waals surface area (Å²) in [7, 11) is 0. The molecule has 0 aromatic heterocycles. The molecule has 92 valence electrons. The van der Waals surface area contributed by atoms with Crippen LogP contribution >= 0.6 is 0 Å². The second-order valence-corrected chi connectivity index (χ2v) is 4.74. The number of alkyl halides is 2. The molecule has 2 fully saturated rings. The van der Waals surface area contributed by atoms with Crippen LogP contribution < -0.4 is 5.32 Å². The van der Waals surface area contributed by atoms with Gasteiger partial charge in [-0.2, -0.15) is 8.78 Å². The lowest BCUT2D eigenvalue weighted by molar-refractivity contribution is -0.159. The molecule has 1 N–H and O–H groups in total.